The molecule has 0 aliphatic heterocycles. The quantitative estimate of drug-likeness (QED) is 0.780. The Hall–Kier alpha value is -2.18. The highest BCUT2D eigenvalue weighted by molar-refractivity contribution is 5.84. The van der Waals surface area contributed by atoms with Crippen LogP contribution < -0.4 is 0 Å². The molecule has 0 atom stereocenters. The van der Waals surface area contributed by atoms with Crippen molar-refractivity contribution >= 4 is 5.97 Å². The number of hydrogen-bond donors (Lipinski definition) is 1. The first kappa shape index (κ1) is 9.38. The fourth-order valence-electron chi connectivity index (χ4n) is 1.11. The van der Waals surface area contributed by atoms with Crippen molar-refractivity contribution in [3.8, 4) is 0 Å². The lowest BCUT2D eigenvalue weighted by atomic mass is 10.5. The number of aromatic nitrogens is 4. The van der Waals surface area contributed by atoms with Crippen LogP contribution in [0.1, 0.15) is 22.2 Å². The number of carboxylic acid groups (broad SMARTS) is 1. The molecule has 2 rings (SSSR count). The Morgan fingerprint density at radius 3 is 3.00 bits per heavy atom. The molecule has 0 unspecified atom stereocenters. The average Bonchev–Trinajstić information content (AvgIpc) is 2.76. The topological polar surface area (TPSA) is 94.0 Å². The third kappa shape index (κ3) is 2.01. The van der Waals surface area contributed by atoms with Crippen LogP contribution in [0.2, 0.25) is 0 Å². The van der Waals surface area contributed by atoms with E-state index in [1.165, 1.54) is 10.7 Å². The molecule has 0 amide bonds. The van der Waals surface area contributed by atoms with E-state index in [2.05, 4.69) is 15.2 Å². The van der Waals surface area contributed by atoms with Crippen LogP contribution in [0.4, 0.5) is 0 Å². The van der Waals surface area contributed by atoms with Gasteiger partial charge in [0.1, 0.15) is 6.54 Å². The number of carbonyl (C=O) groups is 1. The van der Waals surface area contributed by atoms with E-state index in [0.29, 0.717) is 11.7 Å². The first-order chi connectivity index (χ1) is 7.15. The highest BCUT2D eigenvalue weighted by Gasteiger charge is 2.09. The van der Waals surface area contributed by atoms with E-state index in [0.717, 1.165) is 0 Å². The van der Waals surface area contributed by atoms with Gasteiger partial charge in [-0.25, -0.2) is 4.79 Å². The van der Waals surface area contributed by atoms with Gasteiger partial charge < -0.3 is 9.63 Å². The van der Waals surface area contributed by atoms with Crippen LogP contribution in [0.15, 0.2) is 16.8 Å². The lowest BCUT2D eigenvalue weighted by Crippen LogP contribution is -2.04. The molecule has 7 heteroatoms. The molecule has 7 nitrogen and oxygen atoms in total. The van der Waals surface area contributed by atoms with Crippen LogP contribution in [0, 0.1) is 6.92 Å². The van der Waals surface area contributed by atoms with Crippen molar-refractivity contribution in [3.63, 3.8) is 0 Å². The van der Waals surface area contributed by atoms with Gasteiger partial charge in [-0.15, -0.1) is 0 Å². The first-order valence-corrected chi connectivity index (χ1v) is 4.21. The molecular formula is C8H8N4O3. The Morgan fingerprint density at radius 1 is 1.67 bits per heavy atom. The molecule has 2 heterocycles. The van der Waals surface area contributed by atoms with Crippen LogP contribution in [0.25, 0.3) is 0 Å². The van der Waals surface area contributed by atoms with Gasteiger partial charge in [-0.2, -0.15) is 10.1 Å². The molecule has 0 bridgehead atoms. The lowest BCUT2D eigenvalue weighted by Gasteiger charge is -1.93. The van der Waals surface area contributed by atoms with Crippen molar-refractivity contribution in [1.29, 1.82) is 0 Å². The Morgan fingerprint density at radius 2 is 2.47 bits per heavy atom. The predicted molar refractivity (Wildman–Crippen MR) is 47.3 cm³/mol. The summed E-state index contributed by atoms with van der Waals surface area (Å²) in [6, 6.07) is 1.41. The number of nitrogens with zero attached hydrogens (tertiary/aromatic N) is 4. The fourth-order valence-corrected chi connectivity index (χ4v) is 1.11. The monoisotopic (exact) mass is 208 g/mol. The predicted octanol–water partition coefficient (Wildman–Crippen LogP) is 0.321. The van der Waals surface area contributed by atoms with E-state index >= 15 is 0 Å². The van der Waals surface area contributed by atoms with E-state index in [1.807, 2.05) is 0 Å². The molecule has 2 aromatic heterocycles. The summed E-state index contributed by atoms with van der Waals surface area (Å²) in [5, 5.41) is 16.1. The zero-order chi connectivity index (χ0) is 10.8. The maximum Gasteiger partial charge on any atom is 0.356 e. The third-order valence-corrected chi connectivity index (χ3v) is 1.73. The molecule has 2 aromatic rings. The zero-order valence-electron chi connectivity index (χ0n) is 7.91. The standard InChI is InChI=1S/C8H8N4O3/c1-5-9-7(15-11-5)4-12-3-2-6(10-12)8(13)14/h2-3H,4H2,1H3,(H,13,14). The summed E-state index contributed by atoms with van der Waals surface area (Å²) in [5.74, 6) is -0.126. The minimum Gasteiger partial charge on any atom is -0.476 e. The van der Waals surface area contributed by atoms with Crippen LogP contribution in [-0.4, -0.2) is 31.0 Å². The van der Waals surface area contributed by atoms with Gasteiger partial charge >= 0.3 is 5.97 Å². The smallest absolute Gasteiger partial charge is 0.356 e. The van der Waals surface area contributed by atoms with Gasteiger partial charge in [0, 0.05) is 6.20 Å². The number of hydrogen-bond acceptors (Lipinski definition) is 5. The van der Waals surface area contributed by atoms with E-state index in [-0.39, 0.29) is 12.2 Å². The van der Waals surface area contributed by atoms with Crippen LogP contribution in [0.5, 0.6) is 0 Å². The Labute approximate surface area is 84.3 Å². The highest BCUT2D eigenvalue weighted by Crippen LogP contribution is 2.01. The van der Waals surface area contributed by atoms with Crippen LogP contribution >= 0.6 is 0 Å². The molecule has 0 aliphatic rings. The number of aryl methyl sites for hydroxylation is 1. The molecule has 0 fully saturated rings. The van der Waals surface area contributed by atoms with Crippen molar-refractivity contribution in [3.05, 3.63) is 29.7 Å². The van der Waals surface area contributed by atoms with Gasteiger partial charge in [0.15, 0.2) is 11.5 Å². The van der Waals surface area contributed by atoms with E-state index < -0.39 is 5.97 Å². The summed E-state index contributed by atoms with van der Waals surface area (Å²) in [5.41, 5.74) is -0.00811. The summed E-state index contributed by atoms with van der Waals surface area (Å²) in [4.78, 5) is 14.5. The molecule has 15 heavy (non-hydrogen) atoms. The van der Waals surface area contributed by atoms with Crippen LogP contribution in [0.3, 0.4) is 0 Å². The first-order valence-electron chi connectivity index (χ1n) is 4.21. The maximum atomic E-state index is 10.5. The summed E-state index contributed by atoms with van der Waals surface area (Å²) in [6.45, 7) is 1.98. The number of carboxylic acids is 1. The molecule has 78 valence electrons. The summed E-state index contributed by atoms with van der Waals surface area (Å²) < 4.78 is 6.30. The summed E-state index contributed by atoms with van der Waals surface area (Å²) in [7, 11) is 0. The molecule has 0 saturated carbocycles. The van der Waals surface area contributed by atoms with Crippen molar-refractivity contribution in [2.24, 2.45) is 0 Å². The van der Waals surface area contributed by atoms with Crippen molar-refractivity contribution in [2.75, 3.05) is 0 Å². The molecule has 1 N–H and O–H groups in total. The van der Waals surface area contributed by atoms with Gasteiger partial charge in [0.05, 0.1) is 0 Å². The maximum absolute atomic E-state index is 10.5. The third-order valence-electron chi connectivity index (χ3n) is 1.73. The molecule has 0 radical (unpaired) electrons. The van der Waals surface area contributed by atoms with Gasteiger partial charge in [-0.3, -0.25) is 4.68 Å². The average molecular weight is 208 g/mol. The Kier molecular flexibility index (Phi) is 2.20. The number of rotatable bonds is 3. The fraction of sp³-hybridized carbons (Fsp3) is 0.250. The van der Waals surface area contributed by atoms with E-state index in [4.69, 9.17) is 9.63 Å². The van der Waals surface area contributed by atoms with E-state index in [1.54, 1.807) is 13.1 Å². The van der Waals surface area contributed by atoms with Crippen molar-refractivity contribution < 1.29 is 14.4 Å². The van der Waals surface area contributed by atoms with Gasteiger partial charge in [0.2, 0.25) is 5.89 Å². The van der Waals surface area contributed by atoms with E-state index in [9.17, 15) is 4.79 Å². The largest absolute Gasteiger partial charge is 0.476 e. The molecule has 0 saturated heterocycles. The summed E-state index contributed by atoms with van der Waals surface area (Å²) in [6.07, 6.45) is 1.54. The van der Waals surface area contributed by atoms with Crippen LogP contribution in [-0.2, 0) is 6.54 Å². The second-order valence-electron chi connectivity index (χ2n) is 2.94. The van der Waals surface area contributed by atoms with Crippen molar-refractivity contribution in [1.82, 2.24) is 19.9 Å². The second kappa shape index (κ2) is 3.52. The Bertz CT molecular complexity index is 488. The zero-order valence-corrected chi connectivity index (χ0v) is 7.91. The molecule has 0 spiro atoms. The minimum absolute atomic E-state index is 0.00811. The highest BCUT2D eigenvalue weighted by atomic mass is 16.5. The van der Waals surface area contributed by atoms with Gasteiger partial charge in [-0.1, -0.05) is 5.16 Å². The SMILES string of the molecule is Cc1noc(Cn2ccc(C(=O)O)n2)n1. The minimum atomic E-state index is -1.06. The Balaban J connectivity index is 2.14. The molecule has 0 aromatic carbocycles. The lowest BCUT2D eigenvalue weighted by molar-refractivity contribution is 0.0689. The summed E-state index contributed by atoms with van der Waals surface area (Å²) >= 11 is 0. The molecule has 0 aliphatic carbocycles. The second-order valence-corrected chi connectivity index (χ2v) is 2.94. The van der Waals surface area contributed by atoms with Gasteiger partial charge in [-0.05, 0) is 13.0 Å². The normalized spacial score (nSPS) is 10.5. The number of aromatic carboxylic acids is 1. The van der Waals surface area contributed by atoms with Crippen molar-refractivity contribution in [2.45, 2.75) is 13.5 Å². The molecular weight excluding hydrogens is 200 g/mol. The van der Waals surface area contributed by atoms with Gasteiger partial charge in [0.25, 0.3) is 0 Å².